The topological polar surface area (TPSA) is 44.5 Å². The summed E-state index contributed by atoms with van der Waals surface area (Å²) in [5.74, 6) is 0. The van der Waals surface area contributed by atoms with Gasteiger partial charge in [-0.25, -0.2) is 0 Å². The van der Waals surface area contributed by atoms with E-state index in [1.807, 2.05) is 0 Å². The maximum Gasteiger partial charge on any atom is 0.192 e. The average Bonchev–Trinajstić information content (AvgIpc) is 2.39. The van der Waals surface area contributed by atoms with Gasteiger partial charge in [-0.05, 0) is 24.6 Å². The lowest BCUT2D eigenvalue weighted by Crippen LogP contribution is -2.45. The van der Waals surface area contributed by atoms with Crippen LogP contribution in [0.25, 0.3) is 0 Å². The van der Waals surface area contributed by atoms with E-state index in [1.54, 1.807) is 0 Å². The fourth-order valence-electron chi connectivity index (χ4n) is 1.66. The molecule has 5 heteroatoms. The first-order chi connectivity index (χ1) is 7.13. The van der Waals surface area contributed by atoms with Crippen molar-refractivity contribution in [3.05, 3.63) is 0 Å². The minimum absolute atomic E-state index is 0.0872. The second-order valence-electron chi connectivity index (χ2n) is 6.46. The molecule has 0 aromatic heterocycles. The molecule has 16 heavy (non-hydrogen) atoms. The Morgan fingerprint density at radius 2 is 2.00 bits per heavy atom. The van der Waals surface area contributed by atoms with Crippen LogP contribution in [0.5, 0.6) is 0 Å². The van der Waals surface area contributed by atoms with Crippen LogP contribution in [-0.2, 0) is 9.16 Å². The first kappa shape index (κ1) is 14.2. The quantitative estimate of drug-likeness (QED) is 0.754. The molecule has 1 saturated heterocycles. The van der Waals surface area contributed by atoms with E-state index in [0.29, 0.717) is 6.61 Å². The van der Waals surface area contributed by atoms with Crippen LogP contribution >= 0.6 is 0 Å². The fraction of sp³-hybridized carbons (Fsp3) is 1.00. The van der Waals surface area contributed by atoms with Gasteiger partial charge in [0.15, 0.2) is 8.32 Å². The highest BCUT2D eigenvalue weighted by atomic mass is 28.4. The Labute approximate surface area is 102 Å². The third kappa shape index (κ3) is 3.33. The van der Waals surface area contributed by atoms with Gasteiger partial charge in [0.05, 0.1) is 12.7 Å². The summed E-state index contributed by atoms with van der Waals surface area (Å²) < 4.78 is 11.9. The molecule has 0 spiro atoms. The summed E-state index contributed by atoms with van der Waals surface area (Å²) in [6.07, 6.45) is 1.04. The summed E-state index contributed by atoms with van der Waals surface area (Å²) in [6, 6.07) is 0.419. The fourth-order valence-corrected chi connectivity index (χ4v) is 2.67. The van der Waals surface area contributed by atoms with E-state index in [1.165, 1.54) is 0 Å². The predicted octanol–water partition coefficient (Wildman–Crippen LogP) is 1.08. The summed E-state index contributed by atoms with van der Waals surface area (Å²) >= 11 is 0. The van der Waals surface area contributed by atoms with Crippen molar-refractivity contribution in [1.82, 2.24) is 0 Å². The van der Waals surface area contributed by atoms with Gasteiger partial charge in [-0.3, -0.25) is 0 Å². The highest BCUT2D eigenvalue weighted by Gasteiger charge is 2.39. The zero-order valence-electron chi connectivity index (χ0n) is 11.5. The van der Waals surface area contributed by atoms with Crippen LogP contribution < -0.4 is 5.73 Å². The molecule has 0 unspecified atom stereocenters. The van der Waals surface area contributed by atoms with Crippen LogP contribution in [0.2, 0.25) is 18.1 Å². The van der Waals surface area contributed by atoms with Crippen molar-refractivity contribution in [3.63, 3.8) is 0 Å². The highest BCUT2D eigenvalue weighted by molar-refractivity contribution is 6.74. The standard InChI is InChI=1S/C11H26BNO2Si/c1-11(2,3)16(4,5)14-7-9-8(13)6-10(12)15-9/h8-10H,6-7,12-13H2,1-5H3/t8-,9-,10-/m1/s1. The van der Waals surface area contributed by atoms with Crippen LogP contribution in [0.3, 0.4) is 0 Å². The number of ether oxygens (including phenoxy) is 1. The van der Waals surface area contributed by atoms with E-state index in [2.05, 4.69) is 41.7 Å². The first-order valence-electron chi connectivity index (χ1n) is 6.18. The van der Waals surface area contributed by atoms with Crippen molar-refractivity contribution >= 4 is 16.2 Å². The summed E-state index contributed by atoms with van der Waals surface area (Å²) in [7, 11) is 0.416. The van der Waals surface area contributed by atoms with E-state index in [-0.39, 0.29) is 23.2 Å². The largest absolute Gasteiger partial charge is 0.414 e. The van der Waals surface area contributed by atoms with Gasteiger partial charge in [0, 0.05) is 12.0 Å². The highest BCUT2D eigenvalue weighted by Crippen LogP contribution is 2.37. The molecule has 1 heterocycles. The van der Waals surface area contributed by atoms with Crippen LogP contribution in [0, 0.1) is 0 Å². The predicted molar refractivity (Wildman–Crippen MR) is 72.9 cm³/mol. The Kier molecular flexibility index (Phi) is 4.27. The Morgan fingerprint density at radius 3 is 2.38 bits per heavy atom. The molecule has 2 N–H and O–H groups in total. The molecule has 1 rings (SSSR count). The molecule has 1 aliphatic rings. The van der Waals surface area contributed by atoms with E-state index in [0.717, 1.165) is 6.42 Å². The van der Waals surface area contributed by atoms with Gasteiger partial charge in [-0.15, -0.1) is 0 Å². The lowest BCUT2D eigenvalue weighted by Gasteiger charge is -2.37. The molecule has 94 valence electrons. The summed E-state index contributed by atoms with van der Waals surface area (Å²) in [6.45, 7) is 11.9. The molecule has 0 aromatic carbocycles. The molecular formula is C11H26BNO2Si. The molecule has 0 saturated carbocycles. The second kappa shape index (κ2) is 4.80. The zero-order valence-corrected chi connectivity index (χ0v) is 12.5. The first-order valence-corrected chi connectivity index (χ1v) is 9.09. The minimum Gasteiger partial charge on any atom is -0.414 e. The van der Waals surface area contributed by atoms with Crippen LogP contribution in [-0.4, -0.2) is 40.9 Å². The second-order valence-corrected chi connectivity index (χ2v) is 11.3. The van der Waals surface area contributed by atoms with Gasteiger partial charge in [-0.1, -0.05) is 20.8 Å². The summed E-state index contributed by atoms with van der Waals surface area (Å²) in [4.78, 5) is 0. The molecule has 0 aliphatic carbocycles. The number of rotatable bonds is 3. The van der Waals surface area contributed by atoms with Gasteiger partial charge in [0.25, 0.3) is 0 Å². The Bertz CT molecular complexity index is 243. The van der Waals surface area contributed by atoms with E-state index >= 15 is 0 Å². The molecule has 1 aliphatic heterocycles. The SMILES string of the molecule is B[C@H]1C[C@@H](N)[C@@H](CO[Si](C)(C)C(C)(C)C)O1. The third-order valence-corrected chi connectivity index (χ3v) is 8.40. The Morgan fingerprint density at radius 1 is 1.44 bits per heavy atom. The van der Waals surface area contributed by atoms with Crippen molar-refractivity contribution < 1.29 is 9.16 Å². The molecule has 3 nitrogen and oxygen atoms in total. The maximum atomic E-state index is 6.13. The Balaban J connectivity index is 2.46. The Hall–Kier alpha value is 0.162. The molecule has 1 fully saturated rings. The molecule has 3 atom stereocenters. The summed E-state index contributed by atoms with van der Waals surface area (Å²) in [5.41, 5.74) is 6.02. The van der Waals surface area contributed by atoms with Crippen molar-refractivity contribution in [1.29, 1.82) is 0 Å². The normalized spacial score (nSPS) is 32.0. The lowest BCUT2D eigenvalue weighted by molar-refractivity contribution is 0.0415. The van der Waals surface area contributed by atoms with Gasteiger partial charge >= 0.3 is 0 Å². The van der Waals surface area contributed by atoms with Gasteiger partial charge in [-0.2, -0.15) is 0 Å². The van der Waals surface area contributed by atoms with Crippen LogP contribution in [0.4, 0.5) is 0 Å². The monoisotopic (exact) mass is 243 g/mol. The van der Waals surface area contributed by atoms with Gasteiger partial charge in [0.2, 0.25) is 0 Å². The van der Waals surface area contributed by atoms with Crippen LogP contribution in [0.1, 0.15) is 27.2 Å². The molecule has 0 radical (unpaired) electrons. The van der Waals surface area contributed by atoms with Crippen molar-refractivity contribution in [2.75, 3.05) is 6.61 Å². The smallest absolute Gasteiger partial charge is 0.192 e. The number of hydrogen-bond acceptors (Lipinski definition) is 3. The molecular weight excluding hydrogens is 217 g/mol. The summed E-state index contributed by atoms with van der Waals surface area (Å²) in [5, 5.41) is 0.251. The van der Waals surface area contributed by atoms with Crippen molar-refractivity contribution in [2.24, 2.45) is 5.73 Å². The molecule has 0 amide bonds. The van der Waals surface area contributed by atoms with E-state index in [9.17, 15) is 0 Å². The van der Waals surface area contributed by atoms with E-state index in [4.69, 9.17) is 14.9 Å². The van der Waals surface area contributed by atoms with Crippen molar-refractivity contribution in [2.45, 2.75) is 63.5 Å². The van der Waals surface area contributed by atoms with E-state index < -0.39 is 8.32 Å². The number of nitrogens with two attached hydrogens (primary N) is 1. The molecule has 0 bridgehead atoms. The van der Waals surface area contributed by atoms with Gasteiger partial charge in [0.1, 0.15) is 7.85 Å². The molecule has 0 aromatic rings. The van der Waals surface area contributed by atoms with Gasteiger partial charge < -0.3 is 14.9 Å². The lowest BCUT2D eigenvalue weighted by atomic mass is 9.95. The zero-order chi connectivity index (χ0) is 12.6. The number of hydrogen-bond donors (Lipinski definition) is 1. The van der Waals surface area contributed by atoms with Crippen molar-refractivity contribution in [3.8, 4) is 0 Å². The van der Waals surface area contributed by atoms with Crippen LogP contribution in [0.15, 0.2) is 0 Å². The maximum absolute atomic E-state index is 6.13. The minimum atomic E-state index is -1.66. The third-order valence-electron chi connectivity index (χ3n) is 3.90. The average molecular weight is 243 g/mol.